The third-order valence-electron chi connectivity index (χ3n) is 1.51. The average Bonchev–Trinajstić information content (AvgIpc) is 2.03. The first-order valence-electron chi connectivity index (χ1n) is 3.31. The average molecular weight is 190 g/mol. The Hall–Kier alpha value is -0.770. The third kappa shape index (κ3) is 1.69. The lowest BCUT2D eigenvalue weighted by molar-refractivity contribution is 0.405. The molecule has 0 aliphatic heterocycles. The van der Waals surface area contributed by atoms with Crippen LogP contribution in [-0.2, 0) is 5.75 Å². The van der Waals surface area contributed by atoms with E-state index in [0.717, 1.165) is 12.1 Å². The Labute approximate surface area is 74.8 Å². The number of hydrogen-bond donors (Lipinski definition) is 1. The molecule has 0 unspecified atom stereocenters. The van der Waals surface area contributed by atoms with Gasteiger partial charge in [0.15, 0.2) is 0 Å². The summed E-state index contributed by atoms with van der Waals surface area (Å²) < 4.78 is 30.5. The van der Waals surface area contributed by atoms with Crippen molar-refractivity contribution in [2.75, 3.05) is 7.11 Å². The first-order chi connectivity index (χ1) is 5.69. The van der Waals surface area contributed by atoms with Crippen molar-refractivity contribution in [3.8, 4) is 5.75 Å². The molecule has 0 aliphatic rings. The van der Waals surface area contributed by atoms with E-state index in [1.165, 1.54) is 7.11 Å². The molecule has 66 valence electrons. The van der Waals surface area contributed by atoms with E-state index in [9.17, 15) is 8.78 Å². The molecule has 0 saturated heterocycles. The van der Waals surface area contributed by atoms with Gasteiger partial charge in [-0.15, -0.1) is 0 Å². The van der Waals surface area contributed by atoms with Crippen molar-refractivity contribution < 1.29 is 13.5 Å². The van der Waals surface area contributed by atoms with Gasteiger partial charge in [-0.05, 0) is 0 Å². The smallest absolute Gasteiger partial charge is 0.133 e. The highest BCUT2D eigenvalue weighted by molar-refractivity contribution is 7.79. The monoisotopic (exact) mass is 190 g/mol. The first kappa shape index (κ1) is 9.32. The van der Waals surface area contributed by atoms with Gasteiger partial charge in [0, 0.05) is 23.4 Å². The molecular formula is C8H8F2OS. The predicted molar refractivity (Wildman–Crippen MR) is 45.6 cm³/mol. The van der Waals surface area contributed by atoms with Gasteiger partial charge in [-0.25, -0.2) is 8.78 Å². The number of rotatable bonds is 2. The Morgan fingerprint density at radius 3 is 2.17 bits per heavy atom. The van der Waals surface area contributed by atoms with E-state index in [1.807, 2.05) is 0 Å². The highest BCUT2D eigenvalue weighted by Gasteiger charge is 2.09. The number of thiol groups is 1. The second-order valence-electron chi connectivity index (χ2n) is 2.23. The summed E-state index contributed by atoms with van der Waals surface area (Å²) in [4.78, 5) is 0. The Kier molecular flexibility index (Phi) is 2.92. The standard InChI is InChI=1S/C8H8F2OS/c1-11-5-2-7(9)6(4-12)8(10)3-5/h2-3,12H,4H2,1H3. The molecule has 1 aromatic carbocycles. The second kappa shape index (κ2) is 3.76. The maximum Gasteiger partial charge on any atom is 0.133 e. The number of ether oxygens (including phenoxy) is 1. The molecule has 0 heterocycles. The lowest BCUT2D eigenvalue weighted by Crippen LogP contribution is -1.94. The molecule has 1 nitrogen and oxygen atoms in total. The highest BCUT2D eigenvalue weighted by Crippen LogP contribution is 2.21. The molecule has 0 spiro atoms. The predicted octanol–water partition coefficient (Wildman–Crippen LogP) is 2.40. The molecule has 0 atom stereocenters. The van der Waals surface area contributed by atoms with Crippen LogP contribution < -0.4 is 4.74 Å². The van der Waals surface area contributed by atoms with Crippen LogP contribution in [0.5, 0.6) is 5.75 Å². The Balaban J connectivity index is 3.18. The van der Waals surface area contributed by atoms with Gasteiger partial charge in [-0.2, -0.15) is 12.6 Å². The van der Waals surface area contributed by atoms with Gasteiger partial charge in [0.25, 0.3) is 0 Å². The van der Waals surface area contributed by atoms with E-state index in [2.05, 4.69) is 17.4 Å². The van der Waals surface area contributed by atoms with E-state index in [-0.39, 0.29) is 17.1 Å². The van der Waals surface area contributed by atoms with Gasteiger partial charge in [-0.1, -0.05) is 0 Å². The minimum atomic E-state index is -0.623. The molecule has 0 saturated carbocycles. The lowest BCUT2D eigenvalue weighted by atomic mass is 10.2. The summed E-state index contributed by atoms with van der Waals surface area (Å²) in [5.74, 6) is -1.03. The van der Waals surface area contributed by atoms with Gasteiger partial charge in [0.2, 0.25) is 0 Å². The quantitative estimate of drug-likeness (QED) is 0.704. The SMILES string of the molecule is COc1cc(F)c(CS)c(F)c1. The zero-order valence-corrected chi connectivity index (χ0v) is 7.37. The van der Waals surface area contributed by atoms with Crippen molar-refractivity contribution in [3.05, 3.63) is 29.3 Å². The number of benzene rings is 1. The summed E-state index contributed by atoms with van der Waals surface area (Å²) in [7, 11) is 1.36. The molecule has 0 aromatic heterocycles. The van der Waals surface area contributed by atoms with Gasteiger partial charge in [-0.3, -0.25) is 0 Å². The molecule has 0 bridgehead atoms. The second-order valence-corrected chi connectivity index (χ2v) is 2.54. The number of hydrogen-bond acceptors (Lipinski definition) is 2. The third-order valence-corrected chi connectivity index (χ3v) is 1.82. The minimum absolute atomic E-state index is 0.0286. The number of halogens is 2. The molecule has 4 heteroatoms. The van der Waals surface area contributed by atoms with Crippen LogP contribution >= 0.6 is 12.6 Å². The van der Waals surface area contributed by atoms with Crippen molar-refractivity contribution in [2.24, 2.45) is 0 Å². The molecule has 0 amide bonds. The van der Waals surface area contributed by atoms with Crippen molar-refractivity contribution in [1.82, 2.24) is 0 Å². The van der Waals surface area contributed by atoms with E-state index in [1.54, 1.807) is 0 Å². The van der Waals surface area contributed by atoms with E-state index >= 15 is 0 Å². The van der Waals surface area contributed by atoms with Crippen molar-refractivity contribution in [3.63, 3.8) is 0 Å². The van der Waals surface area contributed by atoms with Gasteiger partial charge in [0.05, 0.1) is 7.11 Å². The fourth-order valence-corrected chi connectivity index (χ4v) is 1.15. The fourth-order valence-electron chi connectivity index (χ4n) is 0.849. The molecule has 12 heavy (non-hydrogen) atoms. The Bertz CT molecular complexity index is 265. The molecule has 1 rings (SSSR count). The largest absolute Gasteiger partial charge is 0.497 e. The van der Waals surface area contributed by atoms with Crippen molar-refractivity contribution >= 4 is 12.6 Å². The van der Waals surface area contributed by atoms with Crippen LogP contribution in [0.25, 0.3) is 0 Å². The normalized spacial score (nSPS) is 10.0. The first-order valence-corrected chi connectivity index (χ1v) is 3.95. The van der Waals surface area contributed by atoms with E-state index in [4.69, 9.17) is 0 Å². The molecule has 0 aliphatic carbocycles. The summed E-state index contributed by atoms with van der Waals surface area (Å²) in [5, 5.41) is 0. The van der Waals surface area contributed by atoms with Crippen LogP contribution in [0.4, 0.5) is 8.78 Å². The highest BCUT2D eigenvalue weighted by atomic mass is 32.1. The van der Waals surface area contributed by atoms with Crippen molar-refractivity contribution in [1.29, 1.82) is 0 Å². The van der Waals surface area contributed by atoms with Gasteiger partial charge in [0.1, 0.15) is 17.4 Å². The maximum absolute atomic E-state index is 12.9. The number of methoxy groups -OCH3 is 1. The van der Waals surface area contributed by atoms with Crippen molar-refractivity contribution in [2.45, 2.75) is 5.75 Å². The molecule has 1 aromatic rings. The van der Waals surface area contributed by atoms with Crippen LogP contribution in [0.2, 0.25) is 0 Å². The van der Waals surface area contributed by atoms with E-state index in [0.29, 0.717) is 0 Å². The summed E-state index contributed by atoms with van der Waals surface area (Å²) >= 11 is 3.79. The zero-order chi connectivity index (χ0) is 9.14. The van der Waals surface area contributed by atoms with Crippen LogP contribution in [0.15, 0.2) is 12.1 Å². The minimum Gasteiger partial charge on any atom is -0.497 e. The Morgan fingerprint density at radius 2 is 1.83 bits per heavy atom. The van der Waals surface area contributed by atoms with Crippen LogP contribution in [0.3, 0.4) is 0 Å². The van der Waals surface area contributed by atoms with Crippen LogP contribution in [0.1, 0.15) is 5.56 Å². The van der Waals surface area contributed by atoms with Crippen LogP contribution in [0, 0.1) is 11.6 Å². The summed E-state index contributed by atoms with van der Waals surface area (Å²) in [5.41, 5.74) is -0.0286. The molecule has 0 fully saturated rings. The fraction of sp³-hybridized carbons (Fsp3) is 0.250. The van der Waals surface area contributed by atoms with E-state index < -0.39 is 11.6 Å². The lowest BCUT2D eigenvalue weighted by Gasteiger charge is -2.04. The Morgan fingerprint density at radius 1 is 1.33 bits per heavy atom. The zero-order valence-electron chi connectivity index (χ0n) is 6.47. The summed E-state index contributed by atoms with van der Waals surface area (Å²) in [6.07, 6.45) is 0. The van der Waals surface area contributed by atoms with Gasteiger partial charge >= 0.3 is 0 Å². The summed E-state index contributed by atoms with van der Waals surface area (Å²) in [6.45, 7) is 0. The molecule has 0 radical (unpaired) electrons. The maximum atomic E-state index is 12.9. The van der Waals surface area contributed by atoms with Crippen LogP contribution in [-0.4, -0.2) is 7.11 Å². The molecule has 0 N–H and O–H groups in total. The van der Waals surface area contributed by atoms with Gasteiger partial charge < -0.3 is 4.74 Å². The topological polar surface area (TPSA) is 9.23 Å². The molecular weight excluding hydrogens is 182 g/mol. The summed E-state index contributed by atoms with van der Waals surface area (Å²) in [6, 6.07) is 2.27.